The number of piperidine rings is 1. The lowest BCUT2D eigenvalue weighted by molar-refractivity contribution is -0.138. The highest BCUT2D eigenvalue weighted by Gasteiger charge is 2.33. The van der Waals surface area contributed by atoms with Crippen LogP contribution in [0.25, 0.3) is 0 Å². The molecule has 1 aromatic carbocycles. The van der Waals surface area contributed by atoms with E-state index in [-0.39, 0.29) is 11.5 Å². The lowest BCUT2D eigenvalue weighted by atomic mass is 9.88. The third-order valence-electron chi connectivity index (χ3n) is 3.95. The van der Waals surface area contributed by atoms with Gasteiger partial charge in [-0.25, -0.2) is 12.7 Å². The van der Waals surface area contributed by atoms with E-state index in [0.29, 0.717) is 25.9 Å². The van der Waals surface area contributed by atoms with Crippen LogP contribution >= 0.6 is 0 Å². The van der Waals surface area contributed by atoms with E-state index >= 15 is 0 Å². The molecule has 0 saturated carbocycles. The average molecular weight is 321 g/mol. The summed E-state index contributed by atoms with van der Waals surface area (Å²) >= 11 is 0. The summed E-state index contributed by atoms with van der Waals surface area (Å²) in [6.45, 7) is 2.30. The Kier molecular flexibility index (Phi) is 4.35. The minimum atomic E-state index is -4.33. The van der Waals surface area contributed by atoms with Gasteiger partial charge in [0, 0.05) is 13.1 Å². The van der Waals surface area contributed by atoms with Gasteiger partial charge in [0.05, 0.1) is 11.8 Å². The van der Waals surface area contributed by atoms with E-state index in [4.69, 9.17) is 0 Å². The third-order valence-corrected chi connectivity index (χ3v) is 5.25. The van der Waals surface area contributed by atoms with Crippen LogP contribution in [0.4, 0.5) is 13.2 Å². The van der Waals surface area contributed by atoms with Crippen molar-refractivity contribution >= 4 is 10.0 Å². The van der Waals surface area contributed by atoms with Crippen LogP contribution in [0.2, 0.25) is 0 Å². The number of nitrogens with zero attached hydrogens (tertiary/aromatic N) is 1. The highest BCUT2D eigenvalue weighted by atomic mass is 32.2. The van der Waals surface area contributed by atoms with Crippen molar-refractivity contribution < 1.29 is 21.6 Å². The van der Waals surface area contributed by atoms with Gasteiger partial charge in [-0.3, -0.25) is 0 Å². The molecular formula is C14H18F3NO2S. The van der Waals surface area contributed by atoms with Gasteiger partial charge in [0.1, 0.15) is 0 Å². The average Bonchev–Trinajstić information content (AvgIpc) is 2.36. The van der Waals surface area contributed by atoms with Gasteiger partial charge in [-0.2, -0.15) is 13.2 Å². The van der Waals surface area contributed by atoms with Crippen LogP contribution in [-0.4, -0.2) is 32.1 Å². The van der Waals surface area contributed by atoms with Crippen LogP contribution in [-0.2, 0) is 16.2 Å². The summed E-state index contributed by atoms with van der Waals surface area (Å²) in [5, 5.41) is 0. The Morgan fingerprint density at radius 1 is 1.19 bits per heavy atom. The molecular weight excluding hydrogens is 303 g/mol. The van der Waals surface area contributed by atoms with Gasteiger partial charge in [0.25, 0.3) is 0 Å². The van der Waals surface area contributed by atoms with E-state index in [2.05, 4.69) is 0 Å². The third kappa shape index (κ3) is 3.77. The summed E-state index contributed by atoms with van der Waals surface area (Å²) in [5.74, 6) is 0.115. The molecule has 1 fully saturated rings. The number of alkyl halides is 3. The van der Waals surface area contributed by atoms with Crippen molar-refractivity contribution in [3.05, 3.63) is 34.9 Å². The molecule has 0 bridgehead atoms. The second-order valence-electron chi connectivity index (χ2n) is 5.51. The molecule has 1 aromatic rings. The smallest absolute Gasteiger partial charge is 0.213 e. The monoisotopic (exact) mass is 321 g/mol. The lowest BCUT2D eigenvalue weighted by Crippen LogP contribution is -2.37. The first-order valence-corrected chi connectivity index (χ1v) is 8.57. The van der Waals surface area contributed by atoms with E-state index < -0.39 is 21.8 Å². The summed E-state index contributed by atoms with van der Waals surface area (Å²) < 4.78 is 62.5. The number of hydrogen-bond acceptors (Lipinski definition) is 2. The highest BCUT2D eigenvalue weighted by Crippen LogP contribution is 2.35. The quantitative estimate of drug-likeness (QED) is 0.839. The maximum Gasteiger partial charge on any atom is 0.416 e. The van der Waals surface area contributed by atoms with E-state index in [9.17, 15) is 21.6 Å². The molecule has 1 aliphatic heterocycles. The molecule has 1 heterocycles. The first-order chi connectivity index (χ1) is 9.59. The first kappa shape index (κ1) is 16.3. The van der Waals surface area contributed by atoms with Gasteiger partial charge in [0.15, 0.2) is 0 Å². The fourth-order valence-corrected chi connectivity index (χ4v) is 3.65. The van der Waals surface area contributed by atoms with E-state index in [0.717, 1.165) is 11.6 Å². The topological polar surface area (TPSA) is 37.4 Å². The van der Waals surface area contributed by atoms with E-state index in [1.54, 1.807) is 6.07 Å². The molecule has 0 aromatic heterocycles. The maximum absolute atomic E-state index is 12.7. The minimum absolute atomic E-state index is 0.115. The number of rotatable bonds is 2. The van der Waals surface area contributed by atoms with Crippen LogP contribution in [0, 0.1) is 6.92 Å². The molecule has 0 N–H and O–H groups in total. The zero-order chi connectivity index (χ0) is 15.8. The number of aryl methyl sites for hydroxylation is 1. The predicted molar refractivity (Wildman–Crippen MR) is 74.6 cm³/mol. The molecule has 7 heteroatoms. The predicted octanol–water partition coefficient (Wildman–Crippen LogP) is 3.15. The van der Waals surface area contributed by atoms with Gasteiger partial charge in [-0.15, -0.1) is 0 Å². The number of sulfonamides is 1. The van der Waals surface area contributed by atoms with Gasteiger partial charge < -0.3 is 0 Å². The van der Waals surface area contributed by atoms with Crippen LogP contribution in [0.15, 0.2) is 18.2 Å². The second-order valence-corrected chi connectivity index (χ2v) is 7.49. The fourth-order valence-electron chi connectivity index (χ4n) is 2.78. The Balaban J connectivity index is 2.13. The number of benzene rings is 1. The fraction of sp³-hybridized carbons (Fsp3) is 0.571. The SMILES string of the molecule is Cc1cc(C2CCN(S(C)(=O)=O)CC2)ccc1C(F)(F)F. The Hall–Kier alpha value is -1.08. The van der Waals surface area contributed by atoms with Gasteiger partial charge in [-0.05, 0) is 42.9 Å². The second kappa shape index (κ2) is 5.61. The zero-order valence-corrected chi connectivity index (χ0v) is 12.8. The normalized spacial score (nSPS) is 18.9. The Morgan fingerprint density at radius 2 is 1.76 bits per heavy atom. The van der Waals surface area contributed by atoms with Crippen molar-refractivity contribution in [2.24, 2.45) is 0 Å². The molecule has 21 heavy (non-hydrogen) atoms. The van der Waals surface area contributed by atoms with Crippen molar-refractivity contribution in [2.45, 2.75) is 31.9 Å². The first-order valence-electron chi connectivity index (χ1n) is 6.72. The van der Waals surface area contributed by atoms with Crippen molar-refractivity contribution in [3.63, 3.8) is 0 Å². The molecule has 0 atom stereocenters. The molecule has 118 valence electrons. The summed E-state index contributed by atoms with van der Waals surface area (Å²) in [6.07, 6.45) is -1.88. The number of hydrogen-bond donors (Lipinski definition) is 0. The minimum Gasteiger partial charge on any atom is -0.213 e. The van der Waals surface area contributed by atoms with Crippen LogP contribution in [0.1, 0.15) is 35.4 Å². The van der Waals surface area contributed by atoms with Crippen molar-refractivity contribution in [2.75, 3.05) is 19.3 Å². The van der Waals surface area contributed by atoms with E-state index in [1.807, 2.05) is 0 Å². The van der Waals surface area contributed by atoms with Crippen molar-refractivity contribution in [3.8, 4) is 0 Å². The molecule has 0 aliphatic carbocycles. The molecule has 1 saturated heterocycles. The number of halogens is 3. The Morgan fingerprint density at radius 3 is 2.19 bits per heavy atom. The molecule has 2 rings (SSSR count). The molecule has 3 nitrogen and oxygen atoms in total. The molecule has 0 amide bonds. The molecule has 0 unspecified atom stereocenters. The Labute approximate surface area is 122 Å². The van der Waals surface area contributed by atoms with Crippen molar-refractivity contribution in [1.82, 2.24) is 4.31 Å². The van der Waals surface area contributed by atoms with Crippen molar-refractivity contribution in [1.29, 1.82) is 0 Å². The van der Waals surface area contributed by atoms with Gasteiger partial charge >= 0.3 is 6.18 Å². The van der Waals surface area contributed by atoms with Gasteiger partial charge in [0.2, 0.25) is 10.0 Å². The van der Waals surface area contributed by atoms with Crippen LogP contribution < -0.4 is 0 Å². The molecule has 1 aliphatic rings. The van der Waals surface area contributed by atoms with Crippen LogP contribution in [0.5, 0.6) is 0 Å². The van der Waals surface area contributed by atoms with E-state index in [1.165, 1.54) is 23.6 Å². The summed E-state index contributed by atoms with van der Waals surface area (Å²) in [6, 6.07) is 4.20. The molecule has 0 spiro atoms. The summed E-state index contributed by atoms with van der Waals surface area (Å²) in [7, 11) is -3.18. The van der Waals surface area contributed by atoms with Crippen LogP contribution in [0.3, 0.4) is 0 Å². The lowest BCUT2D eigenvalue weighted by Gasteiger charge is -2.30. The zero-order valence-electron chi connectivity index (χ0n) is 11.9. The summed E-state index contributed by atoms with van der Waals surface area (Å²) in [5.41, 5.74) is 0.457. The Bertz CT molecular complexity index is 618. The maximum atomic E-state index is 12.7. The molecule has 0 radical (unpaired) electrons. The largest absolute Gasteiger partial charge is 0.416 e. The standard InChI is InChI=1S/C14H18F3NO2S/c1-10-9-12(3-4-13(10)14(15,16)17)11-5-7-18(8-6-11)21(2,19)20/h3-4,9,11H,5-8H2,1-2H3. The summed E-state index contributed by atoms with van der Waals surface area (Å²) in [4.78, 5) is 0. The van der Waals surface area contributed by atoms with Gasteiger partial charge in [-0.1, -0.05) is 12.1 Å². The highest BCUT2D eigenvalue weighted by molar-refractivity contribution is 7.88.